The number of carbonyl (C=O) groups excluding carboxylic acids is 4. The van der Waals surface area contributed by atoms with E-state index in [0.717, 1.165) is 0 Å². The van der Waals surface area contributed by atoms with Gasteiger partial charge in [0.15, 0.2) is 0 Å². The van der Waals surface area contributed by atoms with Crippen molar-refractivity contribution in [2.75, 3.05) is 26.3 Å². The maximum Gasteiger partial charge on any atom is 0.344 e. The lowest BCUT2D eigenvalue weighted by Crippen LogP contribution is -2.48. The lowest BCUT2D eigenvalue weighted by atomic mass is 9.87. The lowest BCUT2D eigenvalue weighted by molar-refractivity contribution is -0.141. The minimum absolute atomic E-state index is 0.00703. The third-order valence-corrected chi connectivity index (χ3v) is 5.05. The quantitative estimate of drug-likeness (QED) is 0.691. The minimum Gasteiger partial charge on any atom is -0.378 e. The van der Waals surface area contributed by atoms with Crippen LogP contribution in [0.4, 0.5) is 4.79 Å². The number of morpholine rings is 1. The van der Waals surface area contributed by atoms with Gasteiger partial charge in [-0.1, -0.05) is 37.3 Å². The summed E-state index contributed by atoms with van der Waals surface area (Å²) in [6, 6.07) is 8.21. The van der Waals surface area contributed by atoms with Gasteiger partial charge < -0.3 is 15.0 Å². The number of urea groups is 1. The molecule has 2 aliphatic rings. The van der Waals surface area contributed by atoms with Crippen LogP contribution >= 0.6 is 0 Å². The molecule has 9 heteroatoms. The molecule has 2 fully saturated rings. The van der Waals surface area contributed by atoms with Crippen LogP contribution in [0.15, 0.2) is 30.3 Å². The van der Waals surface area contributed by atoms with Crippen LogP contribution < -0.4 is 10.7 Å². The molecule has 0 saturated carbocycles. The van der Waals surface area contributed by atoms with E-state index < -0.39 is 23.4 Å². The van der Waals surface area contributed by atoms with E-state index in [0.29, 0.717) is 43.3 Å². The Balaban J connectivity index is 1.61. The molecule has 1 atom stereocenters. The average molecular weight is 388 g/mol. The molecule has 1 aromatic carbocycles. The molecule has 1 aromatic rings. The fraction of sp³-hybridized carbons (Fsp3) is 0.474. The van der Waals surface area contributed by atoms with E-state index in [-0.39, 0.29) is 18.7 Å². The standard InChI is InChI=1S/C19H24N4O5/c1-2-19(14-6-4-3-5-7-14)17(26)23(18(27)20-19)21-15(24)8-9-16(25)22-10-12-28-13-11-22/h3-7H,2,8-13H2,1H3,(H,20,27)(H,21,24)/t19-/m0/s1. The van der Waals surface area contributed by atoms with Crippen molar-refractivity contribution < 1.29 is 23.9 Å². The van der Waals surface area contributed by atoms with Crippen LogP contribution in [0, 0.1) is 0 Å². The first kappa shape index (κ1) is 19.8. The Morgan fingerprint density at radius 2 is 1.82 bits per heavy atom. The Bertz CT molecular complexity index is 763. The zero-order valence-corrected chi connectivity index (χ0v) is 15.8. The molecular weight excluding hydrogens is 364 g/mol. The number of hydrogen-bond donors (Lipinski definition) is 2. The van der Waals surface area contributed by atoms with Crippen LogP contribution in [0.1, 0.15) is 31.7 Å². The number of amides is 5. The number of carbonyl (C=O) groups is 4. The summed E-state index contributed by atoms with van der Waals surface area (Å²) in [6.45, 7) is 3.77. The van der Waals surface area contributed by atoms with Crippen molar-refractivity contribution >= 4 is 23.8 Å². The fourth-order valence-corrected chi connectivity index (χ4v) is 3.41. The van der Waals surface area contributed by atoms with Crippen molar-refractivity contribution in [3.8, 4) is 0 Å². The molecule has 5 amide bonds. The Hall–Kier alpha value is -2.94. The number of hydrazine groups is 1. The molecular formula is C19H24N4O5. The monoisotopic (exact) mass is 388 g/mol. The van der Waals surface area contributed by atoms with Gasteiger partial charge in [0.25, 0.3) is 5.91 Å². The van der Waals surface area contributed by atoms with Gasteiger partial charge in [0.1, 0.15) is 5.54 Å². The smallest absolute Gasteiger partial charge is 0.344 e. The summed E-state index contributed by atoms with van der Waals surface area (Å²) in [7, 11) is 0. The summed E-state index contributed by atoms with van der Waals surface area (Å²) < 4.78 is 5.19. The largest absolute Gasteiger partial charge is 0.378 e. The summed E-state index contributed by atoms with van der Waals surface area (Å²) in [6.07, 6.45) is 0.230. The fourth-order valence-electron chi connectivity index (χ4n) is 3.41. The number of nitrogens with one attached hydrogen (secondary N) is 2. The maximum absolute atomic E-state index is 12.9. The number of nitrogens with zero attached hydrogens (tertiary/aromatic N) is 2. The molecule has 2 N–H and O–H groups in total. The van der Waals surface area contributed by atoms with Crippen molar-refractivity contribution in [2.45, 2.75) is 31.7 Å². The van der Waals surface area contributed by atoms with Crippen LogP contribution in [0.3, 0.4) is 0 Å². The van der Waals surface area contributed by atoms with Crippen molar-refractivity contribution in [3.63, 3.8) is 0 Å². The van der Waals surface area contributed by atoms with E-state index in [4.69, 9.17) is 4.74 Å². The molecule has 28 heavy (non-hydrogen) atoms. The van der Waals surface area contributed by atoms with Crippen LogP contribution in [-0.2, 0) is 24.7 Å². The van der Waals surface area contributed by atoms with Gasteiger partial charge in [-0.05, 0) is 12.0 Å². The summed E-state index contributed by atoms with van der Waals surface area (Å²) in [5.74, 6) is -1.26. The highest BCUT2D eigenvalue weighted by molar-refractivity contribution is 6.08. The van der Waals surface area contributed by atoms with Crippen molar-refractivity contribution in [3.05, 3.63) is 35.9 Å². The van der Waals surface area contributed by atoms with E-state index >= 15 is 0 Å². The van der Waals surface area contributed by atoms with Gasteiger partial charge in [0.2, 0.25) is 11.8 Å². The molecule has 0 aliphatic carbocycles. The predicted octanol–water partition coefficient (Wildman–Crippen LogP) is 0.514. The molecule has 0 radical (unpaired) electrons. The molecule has 2 heterocycles. The zero-order chi connectivity index (χ0) is 20.1. The number of rotatable bonds is 6. The van der Waals surface area contributed by atoms with Gasteiger partial charge in [0.05, 0.1) is 13.2 Å². The number of ether oxygens (including phenoxy) is 1. The van der Waals surface area contributed by atoms with Crippen molar-refractivity contribution in [1.29, 1.82) is 0 Å². The molecule has 0 aromatic heterocycles. The second-order valence-corrected chi connectivity index (χ2v) is 6.72. The first-order chi connectivity index (χ1) is 13.5. The second kappa shape index (κ2) is 8.39. The van der Waals surface area contributed by atoms with E-state index in [9.17, 15) is 19.2 Å². The molecule has 0 bridgehead atoms. The third-order valence-electron chi connectivity index (χ3n) is 5.05. The van der Waals surface area contributed by atoms with E-state index in [1.165, 1.54) is 0 Å². The van der Waals surface area contributed by atoms with Gasteiger partial charge in [-0.3, -0.25) is 19.8 Å². The highest BCUT2D eigenvalue weighted by atomic mass is 16.5. The highest BCUT2D eigenvalue weighted by Gasteiger charge is 2.52. The van der Waals surface area contributed by atoms with E-state index in [1.807, 2.05) is 6.07 Å². The lowest BCUT2D eigenvalue weighted by Gasteiger charge is -2.27. The first-order valence-corrected chi connectivity index (χ1v) is 9.35. The van der Waals surface area contributed by atoms with Gasteiger partial charge in [0, 0.05) is 25.9 Å². The molecule has 3 rings (SSSR count). The third kappa shape index (κ3) is 3.84. The summed E-state index contributed by atoms with van der Waals surface area (Å²) >= 11 is 0. The molecule has 150 valence electrons. The Morgan fingerprint density at radius 1 is 1.14 bits per heavy atom. The number of imide groups is 1. The van der Waals surface area contributed by atoms with Crippen molar-refractivity contribution in [2.24, 2.45) is 0 Å². The first-order valence-electron chi connectivity index (χ1n) is 9.35. The zero-order valence-electron chi connectivity index (χ0n) is 15.8. The summed E-state index contributed by atoms with van der Waals surface area (Å²) in [4.78, 5) is 51.3. The average Bonchev–Trinajstić information content (AvgIpc) is 2.98. The molecule has 2 saturated heterocycles. The molecule has 0 spiro atoms. The number of benzene rings is 1. The predicted molar refractivity (Wildman–Crippen MR) is 98.6 cm³/mol. The topological polar surface area (TPSA) is 108 Å². The highest BCUT2D eigenvalue weighted by Crippen LogP contribution is 2.31. The number of hydrogen-bond acceptors (Lipinski definition) is 5. The van der Waals surface area contributed by atoms with E-state index in [1.54, 1.807) is 36.1 Å². The second-order valence-electron chi connectivity index (χ2n) is 6.72. The summed E-state index contributed by atoms with van der Waals surface area (Å²) in [5.41, 5.74) is 1.77. The Kier molecular flexibility index (Phi) is 5.93. The van der Waals surface area contributed by atoms with Gasteiger partial charge in [-0.2, -0.15) is 5.01 Å². The minimum atomic E-state index is -1.21. The van der Waals surface area contributed by atoms with Gasteiger partial charge in [-0.15, -0.1) is 0 Å². The Morgan fingerprint density at radius 3 is 2.46 bits per heavy atom. The normalized spacial score (nSPS) is 22.2. The van der Waals surface area contributed by atoms with Crippen LogP contribution in [0.2, 0.25) is 0 Å². The maximum atomic E-state index is 12.9. The SMILES string of the molecule is CC[C@@]1(c2ccccc2)NC(=O)N(NC(=O)CCC(=O)N2CCOCC2)C1=O. The molecule has 9 nitrogen and oxygen atoms in total. The van der Waals surface area contributed by atoms with Crippen LogP contribution in [0.5, 0.6) is 0 Å². The Labute approximate surface area is 163 Å². The van der Waals surface area contributed by atoms with E-state index in [2.05, 4.69) is 10.7 Å². The van der Waals surface area contributed by atoms with Gasteiger partial charge in [-0.25, -0.2) is 4.79 Å². The van der Waals surface area contributed by atoms with Gasteiger partial charge >= 0.3 is 6.03 Å². The van der Waals surface area contributed by atoms with Crippen LogP contribution in [-0.4, -0.2) is 60.0 Å². The van der Waals surface area contributed by atoms with Crippen LogP contribution in [0.25, 0.3) is 0 Å². The summed E-state index contributed by atoms with van der Waals surface area (Å²) in [5, 5.41) is 3.40. The molecule has 0 unspecified atom stereocenters. The molecule has 2 aliphatic heterocycles. The van der Waals surface area contributed by atoms with Crippen molar-refractivity contribution in [1.82, 2.24) is 20.7 Å².